The number of aliphatic hydroxyl groups excluding tert-OH is 1. The van der Waals surface area contributed by atoms with Crippen molar-refractivity contribution in [2.45, 2.75) is 32.4 Å². The summed E-state index contributed by atoms with van der Waals surface area (Å²) < 4.78 is 15.9. The van der Waals surface area contributed by atoms with Crippen molar-refractivity contribution in [3.63, 3.8) is 0 Å². The monoisotopic (exact) mass is 493 g/mol. The van der Waals surface area contributed by atoms with Gasteiger partial charge in [-0.15, -0.1) is 0 Å². The number of aromatic amines is 1. The van der Waals surface area contributed by atoms with Gasteiger partial charge >= 0.3 is 0 Å². The lowest BCUT2D eigenvalue weighted by atomic mass is 9.69. The molecule has 0 spiro atoms. The number of hydrogen-bond acceptors (Lipinski definition) is 6. The van der Waals surface area contributed by atoms with E-state index in [1.807, 2.05) is 19.9 Å². The standard InChI is InChI=1S/C27H32FN5O3/c1-15-8-18(20-6-7-30-25-23(20)19(10-29)11-31-25)9-21(28)24(15)27(36)16(2)12-33(13-17(27)3)26(35)22(14-34)32(4)5/h6-9,11,16-17,22,34,36H,12-14H2,1-5H3,(H,30,31)/t16-,17+,22-,27?/m1/s1. The fourth-order valence-corrected chi connectivity index (χ4v) is 5.64. The van der Waals surface area contributed by atoms with Gasteiger partial charge in [0.25, 0.3) is 0 Å². The number of likely N-dealkylation sites (tertiary alicyclic amines) is 1. The Kier molecular flexibility index (Phi) is 6.88. The van der Waals surface area contributed by atoms with Gasteiger partial charge in [-0.3, -0.25) is 9.69 Å². The summed E-state index contributed by atoms with van der Waals surface area (Å²) >= 11 is 0. The zero-order valence-corrected chi connectivity index (χ0v) is 21.2. The van der Waals surface area contributed by atoms with Crippen molar-refractivity contribution in [3.8, 4) is 17.2 Å². The first-order valence-electron chi connectivity index (χ1n) is 12.0. The highest BCUT2D eigenvalue weighted by Crippen LogP contribution is 2.45. The van der Waals surface area contributed by atoms with Crippen molar-refractivity contribution < 1.29 is 19.4 Å². The fourth-order valence-electron chi connectivity index (χ4n) is 5.64. The second kappa shape index (κ2) is 9.62. The third kappa shape index (κ3) is 4.05. The molecule has 2 aromatic heterocycles. The van der Waals surface area contributed by atoms with Gasteiger partial charge < -0.3 is 20.1 Å². The van der Waals surface area contributed by atoms with Gasteiger partial charge in [0.15, 0.2) is 0 Å². The number of piperidine rings is 1. The molecule has 0 saturated carbocycles. The van der Waals surface area contributed by atoms with E-state index >= 15 is 4.39 Å². The number of nitrogens with zero attached hydrogens (tertiary/aromatic N) is 4. The predicted octanol–water partition coefficient (Wildman–Crippen LogP) is 2.77. The van der Waals surface area contributed by atoms with Gasteiger partial charge in [-0.1, -0.05) is 19.9 Å². The molecule has 1 saturated heterocycles. The summed E-state index contributed by atoms with van der Waals surface area (Å²) in [6, 6.07) is 6.44. The Morgan fingerprint density at radius 2 is 2.03 bits per heavy atom. The van der Waals surface area contributed by atoms with Crippen LogP contribution in [-0.2, 0) is 10.4 Å². The average molecular weight is 494 g/mol. The number of aromatic nitrogens is 2. The van der Waals surface area contributed by atoms with Crippen LogP contribution in [0.5, 0.6) is 0 Å². The minimum absolute atomic E-state index is 0.211. The van der Waals surface area contributed by atoms with Crippen LogP contribution in [0.1, 0.15) is 30.5 Å². The molecule has 3 aromatic rings. The average Bonchev–Trinajstić information content (AvgIpc) is 3.25. The molecule has 1 unspecified atom stereocenters. The molecule has 4 rings (SSSR count). The minimum Gasteiger partial charge on any atom is -0.394 e. The number of aliphatic hydroxyl groups is 2. The SMILES string of the molecule is Cc1cc(-c2ccnc3[nH]cc(C#N)c23)cc(F)c1C1(O)[C@H](C)CN(C(=O)[C@@H](CO)N(C)C)C[C@@H]1C. The van der Waals surface area contributed by atoms with Crippen molar-refractivity contribution >= 4 is 16.9 Å². The van der Waals surface area contributed by atoms with E-state index < -0.39 is 29.3 Å². The Labute approximate surface area is 210 Å². The van der Waals surface area contributed by atoms with Crippen LogP contribution in [0.2, 0.25) is 0 Å². The highest BCUT2D eigenvalue weighted by Gasteiger charge is 2.49. The molecule has 3 heterocycles. The van der Waals surface area contributed by atoms with Gasteiger partial charge in [0.1, 0.15) is 29.2 Å². The smallest absolute Gasteiger partial charge is 0.242 e. The second-order valence-corrected chi connectivity index (χ2v) is 10.1. The summed E-state index contributed by atoms with van der Waals surface area (Å²) in [5.74, 6) is -1.65. The molecule has 3 N–H and O–H groups in total. The quantitative estimate of drug-likeness (QED) is 0.503. The molecule has 0 aliphatic carbocycles. The Hall–Kier alpha value is -3.32. The molecule has 1 aromatic carbocycles. The number of nitrogens with one attached hydrogen (secondary N) is 1. The van der Waals surface area contributed by atoms with Crippen LogP contribution in [0.25, 0.3) is 22.2 Å². The van der Waals surface area contributed by atoms with Crippen molar-refractivity contribution in [1.29, 1.82) is 5.26 Å². The molecule has 190 valence electrons. The number of rotatable bonds is 5. The molecule has 9 heteroatoms. The molecule has 0 bridgehead atoms. The van der Waals surface area contributed by atoms with E-state index in [4.69, 9.17) is 0 Å². The number of aryl methyl sites for hydroxylation is 1. The van der Waals surface area contributed by atoms with Crippen LogP contribution in [-0.4, -0.2) is 75.7 Å². The molecule has 0 radical (unpaired) electrons. The number of amides is 1. The molecule has 8 nitrogen and oxygen atoms in total. The van der Waals surface area contributed by atoms with Gasteiger partial charge in [-0.05, 0) is 49.8 Å². The maximum Gasteiger partial charge on any atom is 0.242 e. The number of fused-ring (bicyclic) bond motifs is 1. The first-order chi connectivity index (χ1) is 17.0. The summed E-state index contributed by atoms with van der Waals surface area (Å²) in [5.41, 5.74) is 1.56. The van der Waals surface area contributed by atoms with Crippen LogP contribution in [0.15, 0.2) is 30.6 Å². The highest BCUT2D eigenvalue weighted by atomic mass is 19.1. The normalized spacial score (nSPS) is 23.2. The number of pyridine rings is 1. The number of carbonyl (C=O) groups excluding carboxylic acids is 1. The van der Waals surface area contributed by atoms with Crippen molar-refractivity contribution in [3.05, 3.63) is 53.1 Å². The largest absolute Gasteiger partial charge is 0.394 e. The van der Waals surface area contributed by atoms with Crippen LogP contribution >= 0.6 is 0 Å². The van der Waals surface area contributed by atoms with Gasteiger partial charge in [-0.2, -0.15) is 5.26 Å². The number of benzene rings is 1. The third-order valence-corrected chi connectivity index (χ3v) is 7.58. The second-order valence-electron chi connectivity index (χ2n) is 10.1. The molecular formula is C27H32FN5O3. The third-order valence-electron chi connectivity index (χ3n) is 7.58. The lowest BCUT2D eigenvalue weighted by Crippen LogP contribution is -2.59. The first kappa shape index (κ1) is 25.8. The number of H-pyrrole nitrogens is 1. The van der Waals surface area contributed by atoms with Crippen LogP contribution in [0.3, 0.4) is 0 Å². The Morgan fingerprint density at radius 1 is 1.36 bits per heavy atom. The molecule has 1 amide bonds. The first-order valence-corrected chi connectivity index (χ1v) is 12.0. The summed E-state index contributed by atoms with van der Waals surface area (Å²) in [6.45, 7) is 5.58. The Balaban J connectivity index is 1.72. The van der Waals surface area contributed by atoms with Gasteiger partial charge in [0.05, 0.1) is 12.2 Å². The highest BCUT2D eigenvalue weighted by molar-refractivity contribution is 5.97. The molecule has 1 aliphatic rings. The summed E-state index contributed by atoms with van der Waals surface area (Å²) in [7, 11) is 3.46. The van der Waals surface area contributed by atoms with E-state index in [0.717, 1.165) is 0 Å². The van der Waals surface area contributed by atoms with Crippen molar-refractivity contribution in [1.82, 2.24) is 19.8 Å². The van der Waals surface area contributed by atoms with Crippen molar-refractivity contribution in [2.75, 3.05) is 33.8 Å². The van der Waals surface area contributed by atoms with Gasteiger partial charge in [0, 0.05) is 48.3 Å². The topological polar surface area (TPSA) is 116 Å². The Bertz CT molecular complexity index is 1310. The zero-order valence-electron chi connectivity index (χ0n) is 21.2. The molecule has 36 heavy (non-hydrogen) atoms. The summed E-state index contributed by atoms with van der Waals surface area (Å²) in [4.78, 5) is 23.6. The summed E-state index contributed by atoms with van der Waals surface area (Å²) in [6.07, 6.45) is 3.19. The van der Waals surface area contributed by atoms with Crippen molar-refractivity contribution in [2.24, 2.45) is 11.8 Å². The lowest BCUT2D eigenvalue weighted by molar-refractivity contribution is -0.154. The molecule has 1 aliphatic heterocycles. The lowest BCUT2D eigenvalue weighted by Gasteiger charge is -2.49. The Morgan fingerprint density at radius 3 is 2.58 bits per heavy atom. The van der Waals surface area contributed by atoms with Gasteiger partial charge in [0.2, 0.25) is 5.91 Å². The number of nitriles is 1. The summed E-state index contributed by atoms with van der Waals surface area (Å²) in [5, 5.41) is 31.7. The van der Waals surface area contributed by atoms with E-state index in [1.54, 1.807) is 49.3 Å². The van der Waals surface area contributed by atoms with Crippen LogP contribution in [0, 0.1) is 35.9 Å². The zero-order chi connectivity index (χ0) is 26.4. The molecule has 1 fully saturated rings. The molecule has 4 atom stereocenters. The number of likely N-dealkylation sites (N-methyl/N-ethyl adjacent to an activating group) is 1. The van der Waals surface area contributed by atoms with E-state index in [-0.39, 0.29) is 31.2 Å². The maximum absolute atomic E-state index is 15.9. The number of halogens is 1. The van der Waals surface area contributed by atoms with E-state index in [9.17, 15) is 20.3 Å². The maximum atomic E-state index is 15.9. The number of hydrogen-bond donors (Lipinski definition) is 3. The van der Waals surface area contributed by atoms with E-state index in [2.05, 4.69) is 16.0 Å². The van der Waals surface area contributed by atoms with E-state index in [1.165, 1.54) is 6.07 Å². The van der Waals surface area contributed by atoms with E-state index in [0.29, 0.717) is 33.3 Å². The van der Waals surface area contributed by atoms with Gasteiger partial charge in [-0.25, -0.2) is 9.37 Å². The van der Waals surface area contributed by atoms with Crippen LogP contribution < -0.4 is 0 Å². The fraction of sp³-hybridized carbons (Fsp3) is 0.444. The molecular weight excluding hydrogens is 461 g/mol. The van der Waals surface area contributed by atoms with Crippen LogP contribution in [0.4, 0.5) is 4.39 Å². The number of carbonyl (C=O) groups is 1. The minimum atomic E-state index is -1.49. The predicted molar refractivity (Wildman–Crippen MR) is 134 cm³/mol.